The second kappa shape index (κ2) is 8.49. The fourth-order valence-corrected chi connectivity index (χ4v) is 3.06. The van der Waals surface area contributed by atoms with Crippen molar-refractivity contribution in [2.45, 2.75) is 27.2 Å². The summed E-state index contributed by atoms with van der Waals surface area (Å²) in [6.07, 6.45) is 1.97. The van der Waals surface area contributed by atoms with Crippen molar-refractivity contribution in [3.8, 4) is 5.75 Å². The molecular weight excluding hydrogens is 336 g/mol. The van der Waals surface area contributed by atoms with Crippen LogP contribution in [0.4, 0.5) is 0 Å². The average molecular weight is 360 g/mol. The lowest BCUT2D eigenvalue weighted by molar-refractivity contribution is -0.120. The van der Waals surface area contributed by atoms with Crippen LogP contribution in [-0.4, -0.2) is 18.7 Å². The average Bonchev–Trinajstić information content (AvgIpc) is 2.66. The van der Waals surface area contributed by atoms with Gasteiger partial charge in [0.1, 0.15) is 5.75 Å². The smallest absolute Gasteiger partial charge is 0.244 e. The van der Waals surface area contributed by atoms with Gasteiger partial charge in [-0.1, -0.05) is 54.1 Å². The summed E-state index contributed by atoms with van der Waals surface area (Å²) in [7, 11) is 0. The van der Waals surface area contributed by atoms with E-state index >= 15 is 0 Å². The monoisotopic (exact) mass is 360 g/mol. The number of ether oxygens (including phenoxy) is 1. The lowest BCUT2D eigenvalue weighted by Crippen LogP contribution is -2.20. The standard InChI is InChI=1S/C23H24N2O2/c1-4-27-22-12-11-18-7-5-6-8-20(18)21(22)15-24-25-23(26)14-19-13-16(2)9-10-17(19)3/h5-13,15H,4,14H2,1-3H3,(H,25,26)/b24-15-. The molecule has 0 heterocycles. The molecule has 0 spiro atoms. The summed E-state index contributed by atoms with van der Waals surface area (Å²) < 4.78 is 5.72. The van der Waals surface area contributed by atoms with Gasteiger partial charge in [0.25, 0.3) is 0 Å². The molecule has 4 nitrogen and oxygen atoms in total. The molecule has 0 aliphatic carbocycles. The molecule has 0 aliphatic rings. The molecule has 0 saturated heterocycles. The number of rotatable bonds is 6. The first kappa shape index (κ1) is 18.6. The van der Waals surface area contributed by atoms with Gasteiger partial charge in [-0.3, -0.25) is 4.79 Å². The molecule has 0 aromatic heterocycles. The highest BCUT2D eigenvalue weighted by Crippen LogP contribution is 2.26. The summed E-state index contributed by atoms with van der Waals surface area (Å²) in [5, 5.41) is 6.32. The van der Waals surface area contributed by atoms with E-state index in [0.29, 0.717) is 13.0 Å². The maximum Gasteiger partial charge on any atom is 0.244 e. The van der Waals surface area contributed by atoms with Crippen LogP contribution in [0.1, 0.15) is 29.2 Å². The number of carbonyl (C=O) groups is 1. The summed E-state index contributed by atoms with van der Waals surface area (Å²) in [4.78, 5) is 12.3. The van der Waals surface area contributed by atoms with Crippen molar-refractivity contribution in [3.63, 3.8) is 0 Å². The molecule has 0 aliphatic heterocycles. The molecule has 1 N–H and O–H groups in total. The van der Waals surface area contributed by atoms with Gasteiger partial charge in [-0.2, -0.15) is 5.10 Å². The van der Waals surface area contributed by atoms with Crippen molar-refractivity contribution in [2.24, 2.45) is 5.10 Å². The SMILES string of the molecule is CCOc1ccc2ccccc2c1/C=N\NC(=O)Cc1cc(C)ccc1C. The fraction of sp³-hybridized carbons (Fsp3) is 0.217. The van der Waals surface area contributed by atoms with Crippen LogP contribution in [0, 0.1) is 13.8 Å². The Balaban J connectivity index is 1.78. The first-order chi connectivity index (χ1) is 13.1. The summed E-state index contributed by atoms with van der Waals surface area (Å²) in [5.41, 5.74) is 6.76. The van der Waals surface area contributed by atoms with Crippen LogP contribution < -0.4 is 10.2 Å². The number of hydrogen-bond donors (Lipinski definition) is 1. The Hall–Kier alpha value is -3.14. The zero-order chi connectivity index (χ0) is 19.2. The Morgan fingerprint density at radius 1 is 1.11 bits per heavy atom. The Labute approximate surface area is 159 Å². The van der Waals surface area contributed by atoms with Crippen LogP contribution in [0.2, 0.25) is 0 Å². The Bertz CT molecular complexity index is 993. The highest BCUT2D eigenvalue weighted by Gasteiger charge is 2.08. The van der Waals surface area contributed by atoms with Crippen molar-refractivity contribution >= 4 is 22.9 Å². The number of benzene rings is 3. The van der Waals surface area contributed by atoms with Crippen LogP contribution in [0.25, 0.3) is 10.8 Å². The quantitative estimate of drug-likeness (QED) is 0.518. The van der Waals surface area contributed by atoms with Gasteiger partial charge < -0.3 is 4.74 Å². The zero-order valence-corrected chi connectivity index (χ0v) is 16.0. The first-order valence-corrected chi connectivity index (χ1v) is 9.11. The minimum Gasteiger partial charge on any atom is -0.493 e. The van der Waals surface area contributed by atoms with E-state index in [1.165, 1.54) is 0 Å². The number of hydrogen-bond acceptors (Lipinski definition) is 3. The molecule has 3 aromatic rings. The summed E-state index contributed by atoms with van der Waals surface area (Å²) in [6, 6.07) is 18.1. The van der Waals surface area contributed by atoms with E-state index in [1.807, 2.05) is 75.4 Å². The fourth-order valence-electron chi connectivity index (χ4n) is 3.06. The molecule has 1 amide bonds. The third-order valence-corrected chi connectivity index (χ3v) is 4.47. The lowest BCUT2D eigenvalue weighted by atomic mass is 10.0. The second-order valence-corrected chi connectivity index (χ2v) is 6.53. The molecule has 0 saturated carbocycles. The largest absolute Gasteiger partial charge is 0.493 e. The third kappa shape index (κ3) is 4.53. The maximum atomic E-state index is 12.3. The van der Waals surface area contributed by atoms with E-state index in [-0.39, 0.29) is 5.91 Å². The summed E-state index contributed by atoms with van der Waals surface area (Å²) >= 11 is 0. The Morgan fingerprint density at radius 3 is 2.74 bits per heavy atom. The van der Waals surface area contributed by atoms with Gasteiger partial charge in [-0.25, -0.2) is 5.43 Å². The van der Waals surface area contributed by atoms with Gasteiger partial charge in [0.15, 0.2) is 0 Å². The number of hydrazone groups is 1. The third-order valence-electron chi connectivity index (χ3n) is 4.47. The topological polar surface area (TPSA) is 50.7 Å². The predicted octanol–water partition coefficient (Wildman–Crippen LogP) is 4.55. The molecule has 138 valence electrons. The van der Waals surface area contributed by atoms with Crippen molar-refractivity contribution < 1.29 is 9.53 Å². The van der Waals surface area contributed by atoms with Crippen LogP contribution in [0.5, 0.6) is 5.75 Å². The van der Waals surface area contributed by atoms with Crippen molar-refractivity contribution in [3.05, 3.63) is 76.9 Å². The molecule has 0 unspecified atom stereocenters. The van der Waals surface area contributed by atoms with Crippen LogP contribution >= 0.6 is 0 Å². The summed E-state index contributed by atoms with van der Waals surface area (Å²) in [5.74, 6) is 0.613. The van der Waals surface area contributed by atoms with E-state index in [4.69, 9.17) is 4.74 Å². The molecule has 0 fully saturated rings. The molecule has 3 rings (SSSR count). The van der Waals surface area contributed by atoms with Crippen molar-refractivity contribution in [1.29, 1.82) is 0 Å². The van der Waals surface area contributed by atoms with E-state index in [9.17, 15) is 4.79 Å². The Morgan fingerprint density at radius 2 is 1.93 bits per heavy atom. The Kier molecular flexibility index (Phi) is 5.87. The molecule has 4 heteroatoms. The van der Waals surface area contributed by atoms with Gasteiger partial charge in [0.05, 0.1) is 19.2 Å². The van der Waals surface area contributed by atoms with Crippen molar-refractivity contribution in [2.75, 3.05) is 6.61 Å². The van der Waals surface area contributed by atoms with Gasteiger partial charge in [0, 0.05) is 5.56 Å². The van der Waals surface area contributed by atoms with Gasteiger partial charge in [0.2, 0.25) is 5.91 Å². The summed E-state index contributed by atoms with van der Waals surface area (Å²) in [6.45, 7) is 6.55. The molecular formula is C23H24N2O2. The van der Waals surface area contributed by atoms with Gasteiger partial charge >= 0.3 is 0 Å². The van der Waals surface area contributed by atoms with Crippen LogP contribution in [0.3, 0.4) is 0 Å². The highest BCUT2D eigenvalue weighted by atomic mass is 16.5. The first-order valence-electron chi connectivity index (χ1n) is 9.11. The van der Waals surface area contributed by atoms with Crippen LogP contribution in [0.15, 0.2) is 59.7 Å². The van der Waals surface area contributed by atoms with E-state index in [2.05, 4.69) is 10.5 Å². The van der Waals surface area contributed by atoms with E-state index < -0.39 is 0 Å². The predicted molar refractivity (Wildman–Crippen MR) is 110 cm³/mol. The van der Waals surface area contributed by atoms with Gasteiger partial charge in [-0.15, -0.1) is 0 Å². The molecule has 0 radical (unpaired) electrons. The van der Waals surface area contributed by atoms with E-state index in [0.717, 1.165) is 38.8 Å². The number of fused-ring (bicyclic) bond motifs is 1. The molecule has 0 bridgehead atoms. The lowest BCUT2D eigenvalue weighted by Gasteiger charge is -2.10. The minimum absolute atomic E-state index is 0.141. The molecule has 0 atom stereocenters. The number of aryl methyl sites for hydroxylation is 2. The maximum absolute atomic E-state index is 12.3. The zero-order valence-electron chi connectivity index (χ0n) is 16.0. The molecule has 27 heavy (non-hydrogen) atoms. The highest BCUT2D eigenvalue weighted by molar-refractivity contribution is 6.02. The normalized spacial score (nSPS) is 11.1. The number of nitrogens with one attached hydrogen (secondary N) is 1. The van der Waals surface area contributed by atoms with E-state index in [1.54, 1.807) is 6.21 Å². The second-order valence-electron chi connectivity index (χ2n) is 6.53. The number of carbonyl (C=O) groups excluding carboxylic acids is 1. The van der Waals surface area contributed by atoms with Crippen LogP contribution in [-0.2, 0) is 11.2 Å². The van der Waals surface area contributed by atoms with Gasteiger partial charge in [-0.05, 0) is 48.7 Å². The minimum atomic E-state index is -0.141. The van der Waals surface area contributed by atoms with Crippen molar-refractivity contribution in [1.82, 2.24) is 5.43 Å². The number of amides is 1. The number of nitrogens with zero attached hydrogens (tertiary/aromatic N) is 1. The molecule has 3 aromatic carbocycles.